The molecule has 4 nitrogen and oxygen atoms in total. The molecule has 0 amide bonds. The lowest BCUT2D eigenvalue weighted by Crippen LogP contribution is -2.01. The second kappa shape index (κ2) is 4.23. The number of hydrogen-bond donors (Lipinski definition) is 1. The lowest BCUT2D eigenvalue weighted by molar-refractivity contribution is 0.765. The third kappa shape index (κ3) is 2.22. The van der Waals surface area contributed by atoms with Gasteiger partial charge in [-0.25, -0.2) is 4.98 Å². The Kier molecular flexibility index (Phi) is 2.78. The van der Waals surface area contributed by atoms with Crippen LogP contribution in [0, 0.1) is 6.92 Å². The highest BCUT2D eigenvalue weighted by molar-refractivity contribution is 5.18. The van der Waals surface area contributed by atoms with Gasteiger partial charge in [0.05, 0.1) is 24.3 Å². The summed E-state index contributed by atoms with van der Waals surface area (Å²) in [7, 11) is 0. The standard InChI is InChI=1S/C11H14N4/c1-9-3-2-4-13-11(9)7-15-6-10(5-12)14-8-15/h2-4,6,8H,5,7,12H2,1H3. The van der Waals surface area contributed by atoms with Gasteiger partial charge in [-0.3, -0.25) is 4.98 Å². The molecule has 0 bridgehead atoms. The number of aryl methyl sites for hydroxylation is 1. The van der Waals surface area contributed by atoms with Crippen LogP contribution in [0.15, 0.2) is 30.9 Å². The molecule has 0 atom stereocenters. The number of nitrogens with zero attached hydrogens (tertiary/aromatic N) is 3. The van der Waals surface area contributed by atoms with Crippen LogP contribution in [0.1, 0.15) is 17.0 Å². The van der Waals surface area contributed by atoms with Crippen molar-refractivity contribution in [1.29, 1.82) is 0 Å². The Balaban J connectivity index is 2.18. The average molecular weight is 202 g/mol. The first-order valence-corrected chi connectivity index (χ1v) is 4.91. The van der Waals surface area contributed by atoms with E-state index in [2.05, 4.69) is 23.0 Å². The zero-order valence-corrected chi connectivity index (χ0v) is 8.72. The Morgan fingerprint density at radius 2 is 2.27 bits per heavy atom. The van der Waals surface area contributed by atoms with E-state index in [-0.39, 0.29) is 0 Å². The highest BCUT2D eigenvalue weighted by Crippen LogP contribution is 2.06. The lowest BCUT2D eigenvalue weighted by atomic mass is 10.2. The summed E-state index contributed by atoms with van der Waals surface area (Å²) in [5.41, 5.74) is 8.66. The summed E-state index contributed by atoms with van der Waals surface area (Å²) in [6, 6.07) is 4.00. The molecule has 2 rings (SSSR count). The van der Waals surface area contributed by atoms with Gasteiger partial charge >= 0.3 is 0 Å². The fourth-order valence-electron chi connectivity index (χ4n) is 1.46. The second-order valence-electron chi connectivity index (χ2n) is 3.51. The molecular formula is C11H14N4. The number of rotatable bonds is 3. The molecule has 0 aliphatic carbocycles. The van der Waals surface area contributed by atoms with E-state index in [9.17, 15) is 0 Å². The minimum absolute atomic E-state index is 0.480. The van der Waals surface area contributed by atoms with E-state index >= 15 is 0 Å². The summed E-state index contributed by atoms with van der Waals surface area (Å²) in [5, 5.41) is 0. The van der Waals surface area contributed by atoms with E-state index < -0.39 is 0 Å². The summed E-state index contributed by atoms with van der Waals surface area (Å²) in [4.78, 5) is 8.50. The molecule has 0 unspecified atom stereocenters. The fourth-order valence-corrected chi connectivity index (χ4v) is 1.46. The number of pyridine rings is 1. The number of imidazole rings is 1. The minimum atomic E-state index is 0.480. The van der Waals surface area contributed by atoms with Gasteiger partial charge < -0.3 is 10.3 Å². The number of hydrogen-bond acceptors (Lipinski definition) is 3. The fraction of sp³-hybridized carbons (Fsp3) is 0.273. The number of nitrogens with two attached hydrogens (primary N) is 1. The summed E-state index contributed by atoms with van der Waals surface area (Å²) in [6.07, 6.45) is 5.55. The Morgan fingerprint density at radius 3 is 2.93 bits per heavy atom. The third-order valence-electron chi connectivity index (χ3n) is 2.35. The van der Waals surface area contributed by atoms with Crippen molar-refractivity contribution >= 4 is 0 Å². The van der Waals surface area contributed by atoms with Gasteiger partial charge in [-0.1, -0.05) is 6.07 Å². The average Bonchev–Trinajstić information content (AvgIpc) is 2.69. The third-order valence-corrected chi connectivity index (χ3v) is 2.35. The summed E-state index contributed by atoms with van der Waals surface area (Å²) in [6.45, 7) is 3.29. The zero-order valence-electron chi connectivity index (χ0n) is 8.72. The largest absolute Gasteiger partial charge is 0.331 e. The summed E-state index contributed by atoms with van der Waals surface area (Å²) >= 11 is 0. The van der Waals surface area contributed by atoms with Gasteiger partial charge in [0.15, 0.2) is 0 Å². The van der Waals surface area contributed by atoms with Crippen molar-refractivity contribution in [2.45, 2.75) is 20.0 Å². The molecule has 2 heterocycles. The maximum atomic E-state index is 5.49. The molecule has 0 aromatic carbocycles. The van der Waals surface area contributed by atoms with Crippen molar-refractivity contribution in [2.24, 2.45) is 5.73 Å². The molecule has 0 saturated carbocycles. The van der Waals surface area contributed by atoms with Crippen LogP contribution >= 0.6 is 0 Å². The predicted octanol–water partition coefficient (Wildman–Crippen LogP) is 1.09. The van der Waals surface area contributed by atoms with Crippen LogP contribution < -0.4 is 5.73 Å². The van der Waals surface area contributed by atoms with Gasteiger partial charge in [0.2, 0.25) is 0 Å². The van der Waals surface area contributed by atoms with Crippen molar-refractivity contribution in [3.63, 3.8) is 0 Å². The molecule has 0 radical (unpaired) electrons. The monoisotopic (exact) mass is 202 g/mol. The van der Waals surface area contributed by atoms with Crippen LogP contribution in [0.4, 0.5) is 0 Å². The van der Waals surface area contributed by atoms with E-state index in [0.717, 1.165) is 17.9 Å². The van der Waals surface area contributed by atoms with Gasteiger partial charge in [-0.05, 0) is 18.6 Å². The van der Waals surface area contributed by atoms with Crippen molar-refractivity contribution in [2.75, 3.05) is 0 Å². The van der Waals surface area contributed by atoms with E-state index in [1.54, 1.807) is 6.33 Å². The van der Waals surface area contributed by atoms with E-state index in [4.69, 9.17) is 5.73 Å². The maximum Gasteiger partial charge on any atom is 0.0953 e. The van der Waals surface area contributed by atoms with Gasteiger partial charge in [0, 0.05) is 18.9 Å². The van der Waals surface area contributed by atoms with Gasteiger partial charge in [0.1, 0.15) is 0 Å². The Labute approximate surface area is 88.8 Å². The molecule has 0 spiro atoms. The molecule has 0 saturated heterocycles. The molecule has 2 aromatic rings. The summed E-state index contributed by atoms with van der Waals surface area (Å²) in [5.74, 6) is 0. The first-order valence-electron chi connectivity index (χ1n) is 4.91. The molecule has 0 aliphatic rings. The normalized spacial score (nSPS) is 10.5. The maximum absolute atomic E-state index is 5.49. The van der Waals surface area contributed by atoms with Crippen LogP contribution in [-0.2, 0) is 13.1 Å². The van der Waals surface area contributed by atoms with E-state index in [0.29, 0.717) is 6.54 Å². The molecule has 4 heteroatoms. The van der Waals surface area contributed by atoms with Gasteiger partial charge in [-0.15, -0.1) is 0 Å². The van der Waals surface area contributed by atoms with Crippen molar-refractivity contribution in [1.82, 2.24) is 14.5 Å². The van der Waals surface area contributed by atoms with E-state index in [1.165, 1.54) is 5.56 Å². The van der Waals surface area contributed by atoms with Crippen LogP contribution in [0.5, 0.6) is 0 Å². The van der Waals surface area contributed by atoms with Crippen LogP contribution in [0.25, 0.3) is 0 Å². The highest BCUT2D eigenvalue weighted by atomic mass is 15.0. The quantitative estimate of drug-likeness (QED) is 0.810. The Hall–Kier alpha value is -1.68. The number of aromatic nitrogens is 3. The van der Waals surface area contributed by atoms with Gasteiger partial charge in [-0.2, -0.15) is 0 Å². The SMILES string of the molecule is Cc1cccnc1Cn1cnc(CN)c1. The minimum Gasteiger partial charge on any atom is -0.331 e. The second-order valence-corrected chi connectivity index (χ2v) is 3.51. The smallest absolute Gasteiger partial charge is 0.0953 e. The zero-order chi connectivity index (χ0) is 10.7. The van der Waals surface area contributed by atoms with Crippen molar-refractivity contribution in [3.05, 3.63) is 47.8 Å². The van der Waals surface area contributed by atoms with Crippen molar-refractivity contribution < 1.29 is 0 Å². The molecule has 2 N–H and O–H groups in total. The van der Waals surface area contributed by atoms with Gasteiger partial charge in [0.25, 0.3) is 0 Å². The van der Waals surface area contributed by atoms with E-state index in [1.807, 2.05) is 23.0 Å². The topological polar surface area (TPSA) is 56.7 Å². The predicted molar refractivity (Wildman–Crippen MR) is 58.2 cm³/mol. The highest BCUT2D eigenvalue weighted by Gasteiger charge is 2.01. The first kappa shape index (κ1) is 9.86. The molecule has 0 fully saturated rings. The first-order chi connectivity index (χ1) is 7.29. The van der Waals surface area contributed by atoms with Crippen LogP contribution in [0.3, 0.4) is 0 Å². The molecular weight excluding hydrogens is 188 g/mol. The molecule has 78 valence electrons. The lowest BCUT2D eigenvalue weighted by Gasteiger charge is -2.04. The van der Waals surface area contributed by atoms with Crippen LogP contribution in [-0.4, -0.2) is 14.5 Å². The Bertz CT molecular complexity index is 447. The Morgan fingerprint density at radius 1 is 1.40 bits per heavy atom. The van der Waals surface area contributed by atoms with Crippen molar-refractivity contribution in [3.8, 4) is 0 Å². The molecule has 2 aromatic heterocycles. The summed E-state index contributed by atoms with van der Waals surface area (Å²) < 4.78 is 2.00. The molecule has 0 aliphatic heterocycles. The molecule has 15 heavy (non-hydrogen) atoms. The van der Waals surface area contributed by atoms with Crippen LogP contribution in [0.2, 0.25) is 0 Å².